The van der Waals surface area contributed by atoms with E-state index in [1.165, 1.54) is 5.57 Å². The van der Waals surface area contributed by atoms with Crippen LogP contribution in [-0.4, -0.2) is 0 Å². The van der Waals surface area contributed by atoms with Crippen molar-refractivity contribution in [2.75, 3.05) is 0 Å². The fraction of sp³-hybridized carbons (Fsp3) is 0.333. The molecule has 0 aromatic heterocycles. The second-order valence-electron chi connectivity index (χ2n) is 2.98. The van der Waals surface area contributed by atoms with Gasteiger partial charge in [-0.25, -0.2) is 0 Å². The van der Waals surface area contributed by atoms with Crippen LogP contribution in [0.4, 0.5) is 0 Å². The normalized spacial score (nSPS) is 12.1. The van der Waals surface area contributed by atoms with Crippen LogP contribution in [0.3, 0.4) is 0 Å². The fourth-order valence-electron chi connectivity index (χ4n) is 0.814. The number of rotatable bonds is 5. The molecule has 0 bridgehead atoms. The lowest BCUT2D eigenvalue weighted by Gasteiger charge is -1.99. The number of halogens is 1. The van der Waals surface area contributed by atoms with Gasteiger partial charge < -0.3 is 0 Å². The third-order valence-electron chi connectivity index (χ3n) is 1.71. The second kappa shape index (κ2) is 6.73. The van der Waals surface area contributed by atoms with E-state index in [1.807, 2.05) is 6.08 Å². The minimum atomic E-state index is 0.532. The highest BCUT2D eigenvalue weighted by Crippen LogP contribution is 2.11. The molecule has 0 N–H and O–H groups in total. The van der Waals surface area contributed by atoms with E-state index in [0.29, 0.717) is 5.03 Å². The molecule has 0 rings (SSSR count). The number of hydrogen-bond acceptors (Lipinski definition) is 0. The van der Waals surface area contributed by atoms with Crippen LogP contribution in [0.2, 0.25) is 0 Å². The van der Waals surface area contributed by atoms with Crippen LogP contribution in [0.1, 0.15) is 26.7 Å². The molecule has 0 saturated carbocycles. The van der Waals surface area contributed by atoms with E-state index >= 15 is 0 Å². The van der Waals surface area contributed by atoms with Gasteiger partial charge in [0.15, 0.2) is 0 Å². The molecule has 0 aromatic rings. The molecule has 72 valence electrons. The molecule has 0 fully saturated rings. The van der Waals surface area contributed by atoms with Gasteiger partial charge in [-0.15, -0.1) is 0 Å². The molecule has 0 aliphatic heterocycles. The molecule has 0 spiro atoms. The molecule has 0 aliphatic rings. The summed E-state index contributed by atoms with van der Waals surface area (Å²) in [5.41, 5.74) is 2.20. The Balaban J connectivity index is 4.18. The van der Waals surface area contributed by atoms with Gasteiger partial charge in [0.05, 0.1) is 0 Å². The number of allylic oxidation sites excluding steroid dienone is 6. The van der Waals surface area contributed by atoms with Crippen molar-refractivity contribution >= 4 is 11.6 Å². The molecule has 0 atom stereocenters. The standard InChI is InChI=1S/C12H17Cl/c1-5-6-7-10(2)11(3)8-9-12(4)13/h7-9H,3-6H2,1-2H3/b9-8-,10-7+. The molecule has 0 aliphatic carbocycles. The van der Waals surface area contributed by atoms with Crippen LogP contribution in [0.5, 0.6) is 0 Å². The van der Waals surface area contributed by atoms with Gasteiger partial charge in [0.1, 0.15) is 0 Å². The predicted molar refractivity (Wildman–Crippen MR) is 61.9 cm³/mol. The molecular formula is C12H17Cl. The molecule has 0 amide bonds. The first kappa shape index (κ1) is 12.2. The maximum absolute atomic E-state index is 5.59. The molecule has 0 unspecified atom stereocenters. The first-order chi connectivity index (χ1) is 6.07. The maximum atomic E-state index is 5.59. The first-order valence-electron chi connectivity index (χ1n) is 4.46. The second-order valence-corrected chi connectivity index (χ2v) is 3.47. The molecule has 0 heterocycles. The summed E-state index contributed by atoms with van der Waals surface area (Å²) in [6, 6.07) is 0. The summed E-state index contributed by atoms with van der Waals surface area (Å²) >= 11 is 5.59. The Labute approximate surface area is 86.3 Å². The van der Waals surface area contributed by atoms with Crippen molar-refractivity contribution in [3.8, 4) is 0 Å². The highest BCUT2D eigenvalue weighted by atomic mass is 35.5. The highest BCUT2D eigenvalue weighted by Gasteiger charge is 1.90. The van der Waals surface area contributed by atoms with Crippen molar-refractivity contribution in [1.82, 2.24) is 0 Å². The Morgan fingerprint density at radius 2 is 1.92 bits per heavy atom. The van der Waals surface area contributed by atoms with Crippen LogP contribution < -0.4 is 0 Å². The van der Waals surface area contributed by atoms with E-state index in [1.54, 1.807) is 6.08 Å². The van der Waals surface area contributed by atoms with E-state index in [2.05, 4.69) is 33.1 Å². The van der Waals surface area contributed by atoms with E-state index in [-0.39, 0.29) is 0 Å². The van der Waals surface area contributed by atoms with Crippen molar-refractivity contribution in [3.05, 3.63) is 47.6 Å². The van der Waals surface area contributed by atoms with Gasteiger partial charge in [0.2, 0.25) is 0 Å². The highest BCUT2D eigenvalue weighted by molar-refractivity contribution is 6.30. The lowest BCUT2D eigenvalue weighted by Crippen LogP contribution is -1.79. The zero-order chi connectivity index (χ0) is 10.3. The fourth-order valence-corrected chi connectivity index (χ4v) is 0.877. The smallest absolute Gasteiger partial charge is 0.0334 e. The van der Waals surface area contributed by atoms with Crippen LogP contribution in [0.15, 0.2) is 47.6 Å². The zero-order valence-electron chi connectivity index (χ0n) is 8.44. The minimum Gasteiger partial charge on any atom is -0.0915 e. The van der Waals surface area contributed by atoms with E-state index in [9.17, 15) is 0 Å². The maximum Gasteiger partial charge on any atom is 0.0334 e. The molecule has 1 heteroatoms. The number of hydrogen-bond donors (Lipinski definition) is 0. The average molecular weight is 197 g/mol. The lowest BCUT2D eigenvalue weighted by molar-refractivity contribution is 0.951. The lowest BCUT2D eigenvalue weighted by atomic mass is 10.1. The largest absolute Gasteiger partial charge is 0.0915 e. The van der Waals surface area contributed by atoms with Gasteiger partial charge in [-0.1, -0.05) is 50.3 Å². The van der Waals surface area contributed by atoms with Gasteiger partial charge in [-0.05, 0) is 30.6 Å². The van der Waals surface area contributed by atoms with Gasteiger partial charge in [-0.2, -0.15) is 0 Å². The van der Waals surface area contributed by atoms with Gasteiger partial charge in [0, 0.05) is 5.03 Å². The monoisotopic (exact) mass is 196 g/mol. The summed E-state index contributed by atoms with van der Waals surface area (Å²) in [5, 5.41) is 0.532. The Hall–Kier alpha value is -0.750. The topological polar surface area (TPSA) is 0 Å². The van der Waals surface area contributed by atoms with Crippen molar-refractivity contribution in [2.45, 2.75) is 26.7 Å². The van der Waals surface area contributed by atoms with Gasteiger partial charge >= 0.3 is 0 Å². The Morgan fingerprint density at radius 3 is 2.38 bits per heavy atom. The van der Waals surface area contributed by atoms with Gasteiger partial charge in [0.25, 0.3) is 0 Å². The summed E-state index contributed by atoms with van der Waals surface area (Å²) in [7, 11) is 0. The third-order valence-corrected chi connectivity index (χ3v) is 1.84. The van der Waals surface area contributed by atoms with E-state index in [0.717, 1.165) is 18.4 Å². The predicted octanol–water partition coefficient (Wildman–Crippen LogP) is 4.60. The van der Waals surface area contributed by atoms with Crippen LogP contribution in [-0.2, 0) is 0 Å². The Morgan fingerprint density at radius 1 is 1.31 bits per heavy atom. The van der Waals surface area contributed by atoms with Crippen molar-refractivity contribution in [3.63, 3.8) is 0 Å². The Kier molecular flexibility index (Phi) is 6.34. The zero-order valence-corrected chi connectivity index (χ0v) is 9.19. The molecule has 0 saturated heterocycles. The average Bonchev–Trinajstić information content (AvgIpc) is 2.10. The third kappa shape index (κ3) is 6.41. The summed E-state index contributed by atoms with van der Waals surface area (Å²) in [6.45, 7) is 11.7. The molecule has 0 nitrogen and oxygen atoms in total. The molecule has 0 aromatic carbocycles. The molecule has 13 heavy (non-hydrogen) atoms. The van der Waals surface area contributed by atoms with E-state index < -0.39 is 0 Å². The summed E-state index contributed by atoms with van der Waals surface area (Å²) < 4.78 is 0. The quantitative estimate of drug-likeness (QED) is 0.564. The van der Waals surface area contributed by atoms with Crippen molar-refractivity contribution < 1.29 is 0 Å². The van der Waals surface area contributed by atoms with E-state index in [4.69, 9.17) is 11.6 Å². The minimum absolute atomic E-state index is 0.532. The number of unbranched alkanes of at least 4 members (excludes halogenated alkanes) is 1. The molecular weight excluding hydrogens is 180 g/mol. The van der Waals surface area contributed by atoms with Crippen LogP contribution in [0.25, 0.3) is 0 Å². The molecule has 0 radical (unpaired) electrons. The van der Waals surface area contributed by atoms with Crippen molar-refractivity contribution in [2.24, 2.45) is 0 Å². The van der Waals surface area contributed by atoms with Crippen LogP contribution in [0, 0.1) is 0 Å². The Bertz CT molecular complexity index is 244. The van der Waals surface area contributed by atoms with Crippen LogP contribution >= 0.6 is 11.6 Å². The summed E-state index contributed by atoms with van der Waals surface area (Å²) in [6.07, 6.45) is 8.09. The van der Waals surface area contributed by atoms with Crippen molar-refractivity contribution in [1.29, 1.82) is 0 Å². The van der Waals surface area contributed by atoms with Gasteiger partial charge in [-0.3, -0.25) is 0 Å². The summed E-state index contributed by atoms with van der Waals surface area (Å²) in [4.78, 5) is 0. The first-order valence-corrected chi connectivity index (χ1v) is 4.84. The SMILES string of the molecule is C=C(Cl)/C=C\C(=C)/C(C)=C/CCC. The summed E-state index contributed by atoms with van der Waals surface area (Å²) in [5.74, 6) is 0.